The van der Waals surface area contributed by atoms with Crippen molar-refractivity contribution in [2.45, 2.75) is 52.6 Å². The van der Waals surface area contributed by atoms with Gasteiger partial charge in [0.25, 0.3) is 0 Å². The van der Waals surface area contributed by atoms with E-state index in [2.05, 4.69) is 51.6 Å². The van der Waals surface area contributed by atoms with Gasteiger partial charge in [-0.3, -0.25) is 0 Å². The quantitative estimate of drug-likeness (QED) is 0.623. The summed E-state index contributed by atoms with van der Waals surface area (Å²) in [6, 6.07) is 1.53. The molecule has 2 saturated heterocycles. The van der Waals surface area contributed by atoms with E-state index < -0.39 is 0 Å². The number of rotatable bonds is 0. The number of hydrogen-bond donors (Lipinski definition) is 0. The molecule has 0 aromatic carbocycles. The average Bonchev–Trinajstić information content (AvgIpc) is 2.05. The Kier molecular flexibility index (Phi) is 2.87. The zero-order valence-corrected chi connectivity index (χ0v) is 11.9. The molecule has 16 heavy (non-hydrogen) atoms. The summed E-state index contributed by atoms with van der Waals surface area (Å²) in [5, 5.41) is 0. The van der Waals surface area contributed by atoms with Gasteiger partial charge >= 0.3 is 0 Å². The van der Waals surface area contributed by atoms with E-state index in [4.69, 9.17) is 0 Å². The SMILES string of the molecule is CN1CC(C)(C)C[C@H]2[C@@H]1CC(C)(C)CN2C. The van der Waals surface area contributed by atoms with Crippen molar-refractivity contribution < 1.29 is 0 Å². The average molecular weight is 224 g/mol. The first kappa shape index (κ1) is 12.4. The summed E-state index contributed by atoms with van der Waals surface area (Å²) in [5.74, 6) is 0. The molecular formula is C14H28N2. The lowest BCUT2D eigenvalue weighted by atomic mass is 9.70. The Bertz CT molecular complexity index is 242. The Morgan fingerprint density at radius 3 is 1.38 bits per heavy atom. The van der Waals surface area contributed by atoms with Gasteiger partial charge in [-0.25, -0.2) is 0 Å². The normalized spacial score (nSPS) is 39.4. The molecule has 0 bridgehead atoms. The molecule has 0 N–H and O–H groups in total. The predicted molar refractivity (Wildman–Crippen MR) is 69.6 cm³/mol. The minimum atomic E-state index is 0.478. The van der Waals surface area contributed by atoms with Crippen LogP contribution in [0.25, 0.3) is 0 Å². The van der Waals surface area contributed by atoms with E-state index in [0.717, 1.165) is 12.1 Å². The second-order valence-electron chi connectivity index (χ2n) is 7.70. The standard InChI is InChI=1S/C14H28N2/c1-13(2)7-11-12(15(5)9-13)8-14(3,4)10-16(11)6/h11-12H,7-10H2,1-6H3/t11-,12-/m0/s1. The first-order chi connectivity index (χ1) is 7.20. The molecule has 0 aliphatic carbocycles. The molecule has 0 aromatic heterocycles. The topological polar surface area (TPSA) is 6.48 Å². The number of piperidine rings is 2. The van der Waals surface area contributed by atoms with Crippen LogP contribution in [0.3, 0.4) is 0 Å². The molecule has 2 aliphatic rings. The summed E-state index contributed by atoms with van der Waals surface area (Å²) in [6.07, 6.45) is 2.71. The first-order valence-electron chi connectivity index (χ1n) is 6.61. The fourth-order valence-corrected chi connectivity index (χ4v) is 4.02. The van der Waals surface area contributed by atoms with Gasteiger partial charge in [-0.1, -0.05) is 27.7 Å². The molecule has 0 aromatic rings. The molecule has 2 atom stereocenters. The fourth-order valence-electron chi connectivity index (χ4n) is 4.02. The van der Waals surface area contributed by atoms with Crippen molar-refractivity contribution in [1.82, 2.24) is 9.80 Å². The molecule has 0 unspecified atom stereocenters. The van der Waals surface area contributed by atoms with E-state index in [-0.39, 0.29) is 0 Å². The predicted octanol–water partition coefficient (Wildman–Crippen LogP) is 2.45. The Hall–Kier alpha value is -0.0800. The maximum absolute atomic E-state index is 2.60. The van der Waals surface area contributed by atoms with E-state index in [1.54, 1.807) is 0 Å². The number of likely N-dealkylation sites (N-methyl/N-ethyl adjacent to an activating group) is 2. The van der Waals surface area contributed by atoms with Gasteiger partial charge in [-0.15, -0.1) is 0 Å². The van der Waals surface area contributed by atoms with Gasteiger partial charge in [-0.2, -0.15) is 0 Å². The summed E-state index contributed by atoms with van der Waals surface area (Å²) in [5.41, 5.74) is 0.956. The van der Waals surface area contributed by atoms with Crippen molar-refractivity contribution >= 4 is 0 Å². The summed E-state index contributed by atoms with van der Waals surface area (Å²) >= 11 is 0. The first-order valence-corrected chi connectivity index (χ1v) is 6.61. The van der Waals surface area contributed by atoms with Crippen LogP contribution >= 0.6 is 0 Å². The van der Waals surface area contributed by atoms with Crippen LogP contribution in [0.15, 0.2) is 0 Å². The zero-order chi connectivity index (χ0) is 12.1. The fraction of sp³-hybridized carbons (Fsp3) is 1.00. The van der Waals surface area contributed by atoms with E-state index >= 15 is 0 Å². The van der Waals surface area contributed by atoms with Crippen molar-refractivity contribution in [3.8, 4) is 0 Å². The number of nitrogens with zero attached hydrogens (tertiary/aromatic N) is 2. The molecule has 2 aliphatic heterocycles. The van der Waals surface area contributed by atoms with E-state index in [9.17, 15) is 0 Å². The highest BCUT2D eigenvalue weighted by molar-refractivity contribution is 5.01. The molecule has 0 spiro atoms. The lowest BCUT2D eigenvalue weighted by molar-refractivity contribution is -0.0569. The molecular weight excluding hydrogens is 196 g/mol. The third-order valence-corrected chi connectivity index (χ3v) is 4.45. The maximum Gasteiger partial charge on any atom is 0.0254 e. The highest BCUT2D eigenvalue weighted by Crippen LogP contribution is 2.42. The van der Waals surface area contributed by atoms with Gasteiger partial charge in [0, 0.05) is 25.2 Å². The summed E-state index contributed by atoms with van der Waals surface area (Å²) in [6.45, 7) is 12.1. The van der Waals surface area contributed by atoms with E-state index in [1.807, 2.05) is 0 Å². The summed E-state index contributed by atoms with van der Waals surface area (Å²) in [7, 11) is 4.63. The van der Waals surface area contributed by atoms with E-state index in [1.165, 1.54) is 25.9 Å². The molecule has 2 rings (SSSR count). The molecule has 94 valence electrons. The van der Waals surface area contributed by atoms with Crippen molar-refractivity contribution in [1.29, 1.82) is 0 Å². The highest BCUT2D eigenvalue weighted by Gasteiger charge is 2.45. The van der Waals surface area contributed by atoms with Crippen LogP contribution in [-0.2, 0) is 0 Å². The van der Waals surface area contributed by atoms with Crippen LogP contribution in [0.5, 0.6) is 0 Å². The largest absolute Gasteiger partial charge is 0.301 e. The molecule has 0 amide bonds. The third-order valence-electron chi connectivity index (χ3n) is 4.45. The van der Waals surface area contributed by atoms with Crippen LogP contribution in [0.1, 0.15) is 40.5 Å². The minimum absolute atomic E-state index is 0.478. The highest BCUT2D eigenvalue weighted by atomic mass is 15.3. The van der Waals surface area contributed by atoms with Crippen LogP contribution in [0, 0.1) is 10.8 Å². The van der Waals surface area contributed by atoms with Crippen molar-refractivity contribution in [2.75, 3.05) is 27.2 Å². The Balaban J connectivity index is 2.19. The van der Waals surface area contributed by atoms with Crippen LogP contribution in [0.4, 0.5) is 0 Å². The lowest BCUT2D eigenvalue weighted by Gasteiger charge is -2.56. The third kappa shape index (κ3) is 2.28. The van der Waals surface area contributed by atoms with Gasteiger partial charge < -0.3 is 9.80 Å². The molecule has 0 saturated carbocycles. The van der Waals surface area contributed by atoms with E-state index in [0.29, 0.717) is 10.8 Å². The monoisotopic (exact) mass is 224 g/mol. The van der Waals surface area contributed by atoms with Crippen LogP contribution in [0.2, 0.25) is 0 Å². The molecule has 2 nitrogen and oxygen atoms in total. The Morgan fingerprint density at radius 2 is 1.06 bits per heavy atom. The summed E-state index contributed by atoms with van der Waals surface area (Å²) < 4.78 is 0. The summed E-state index contributed by atoms with van der Waals surface area (Å²) in [4.78, 5) is 5.21. The molecule has 2 fully saturated rings. The number of hydrogen-bond acceptors (Lipinski definition) is 2. The second-order valence-corrected chi connectivity index (χ2v) is 7.70. The molecule has 2 heteroatoms. The Morgan fingerprint density at radius 1 is 0.750 bits per heavy atom. The van der Waals surface area contributed by atoms with Gasteiger partial charge in [0.15, 0.2) is 0 Å². The minimum Gasteiger partial charge on any atom is -0.301 e. The number of likely N-dealkylation sites (tertiary alicyclic amines) is 2. The van der Waals surface area contributed by atoms with Crippen LogP contribution < -0.4 is 0 Å². The van der Waals surface area contributed by atoms with Crippen molar-refractivity contribution in [3.05, 3.63) is 0 Å². The Labute approximate surface area is 101 Å². The maximum atomic E-state index is 2.60. The number of fused-ring (bicyclic) bond motifs is 1. The van der Waals surface area contributed by atoms with Gasteiger partial charge in [0.1, 0.15) is 0 Å². The molecule has 2 heterocycles. The second kappa shape index (κ2) is 3.71. The van der Waals surface area contributed by atoms with Crippen LogP contribution in [-0.4, -0.2) is 49.1 Å². The lowest BCUT2D eigenvalue weighted by Crippen LogP contribution is -2.63. The van der Waals surface area contributed by atoms with Crippen molar-refractivity contribution in [3.63, 3.8) is 0 Å². The van der Waals surface area contributed by atoms with Gasteiger partial charge in [0.2, 0.25) is 0 Å². The van der Waals surface area contributed by atoms with Crippen molar-refractivity contribution in [2.24, 2.45) is 10.8 Å². The smallest absolute Gasteiger partial charge is 0.0254 e. The van der Waals surface area contributed by atoms with Gasteiger partial charge in [-0.05, 0) is 37.8 Å². The molecule has 0 radical (unpaired) electrons. The zero-order valence-electron chi connectivity index (χ0n) is 11.9. The van der Waals surface area contributed by atoms with Gasteiger partial charge in [0.05, 0.1) is 0 Å².